The molecule has 2 rings (SSSR count). The van der Waals surface area contributed by atoms with Gasteiger partial charge >= 0.3 is 0 Å². The highest BCUT2D eigenvalue weighted by Gasteiger charge is 2.17. The second-order valence-electron chi connectivity index (χ2n) is 3.37. The number of ether oxygens (including phenoxy) is 2. The number of rotatable bonds is 3. The van der Waals surface area contributed by atoms with Crippen LogP contribution in [0.1, 0.15) is 0 Å². The number of nitrogens with one attached hydrogen (secondary N) is 1. The number of H-pyrrole nitrogens is 1. The van der Waals surface area contributed by atoms with Gasteiger partial charge in [0.2, 0.25) is 0 Å². The van der Waals surface area contributed by atoms with Gasteiger partial charge in [-0.15, -0.1) is 0 Å². The molecule has 2 aromatic rings. The molecule has 90 valence electrons. The highest BCUT2D eigenvalue weighted by atomic mass is 19.1. The van der Waals surface area contributed by atoms with E-state index in [0.29, 0.717) is 22.8 Å². The number of halogens is 1. The Balaban J connectivity index is 2.62. The van der Waals surface area contributed by atoms with Crippen LogP contribution in [0.4, 0.5) is 10.2 Å². The number of methoxy groups -OCH3 is 2. The molecular formula is C11H12FN3O2. The monoisotopic (exact) mass is 237 g/mol. The first-order valence-corrected chi connectivity index (χ1v) is 4.89. The summed E-state index contributed by atoms with van der Waals surface area (Å²) in [6.07, 6.45) is 0. The minimum absolute atomic E-state index is 0.0539. The van der Waals surface area contributed by atoms with Crippen molar-refractivity contribution < 1.29 is 13.9 Å². The van der Waals surface area contributed by atoms with E-state index in [1.165, 1.54) is 20.3 Å². The lowest BCUT2D eigenvalue weighted by Crippen LogP contribution is -1.96. The van der Waals surface area contributed by atoms with Crippen LogP contribution in [0.5, 0.6) is 11.5 Å². The van der Waals surface area contributed by atoms with Gasteiger partial charge in [-0.05, 0) is 12.1 Å². The summed E-state index contributed by atoms with van der Waals surface area (Å²) in [5.74, 6) is 0.222. The fraction of sp³-hybridized carbons (Fsp3) is 0.182. The third kappa shape index (κ3) is 1.89. The molecule has 0 radical (unpaired) electrons. The maximum atomic E-state index is 13.5. The van der Waals surface area contributed by atoms with Crippen LogP contribution in [0.2, 0.25) is 0 Å². The molecule has 17 heavy (non-hydrogen) atoms. The van der Waals surface area contributed by atoms with E-state index in [4.69, 9.17) is 15.2 Å². The summed E-state index contributed by atoms with van der Waals surface area (Å²) in [5, 5.41) is 6.54. The fourth-order valence-electron chi connectivity index (χ4n) is 1.62. The van der Waals surface area contributed by atoms with Crippen LogP contribution in [0.15, 0.2) is 18.2 Å². The van der Waals surface area contributed by atoms with Crippen molar-refractivity contribution in [1.82, 2.24) is 10.2 Å². The highest BCUT2D eigenvalue weighted by Crippen LogP contribution is 2.39. The van der Waals surface area contributed by atoms with Crippen molar-refractivity contribution in [2.45, 2.75) is 0 Å². The largest absolute Gasteiger partial charge is 0.492 e. The number of aromatic nitrogens is 2. The molecule has 1 heterocycles. The predicted molar refractivity (Wildman–Crippen MR) is 61.5 cm³/mol. The maximum Gasteiger partial charge on any atom is 0.197 e. The van der Waals surface area contributed by atoms with E-state index in [9.17, 15) is 4.39 Å². The van der Waals surface area contributed by atoms with E-state index in [1.54, 1.807) is 12.1 Å². The number of nitrogens with zero attached hydrogens (tertiary/aromatic N) is 1. The molecule has 1 aromatic carbocycles. The van der Waals surface area contributed by atoms with Gasteiger partial charge in [-0.1, -0.05) is 0 Å². The van der Waals surface area contributed by atoms with Gasteiger partial charge in [0.25, 0.3) is 0 Å². The molecule has 0 aliphatic heterocycles. The topological polar surface area (TPSA) is 73.2 Å². The van der Waals surface area contributed by atoms with Crippen molar-refractivity contribution in [3.05, 3.63) is 24.0 Å². The normalized spacial score (nSPS) is 10.3. The van der Waals surface area contributed by atoms with Gasteiger partial charge in [0.05, 0.1) is 19.9 Å². The van der Waals surface area contributed by atoms with Crippen LogP contribution in [0.3, 0.4) is 0 Å². The molecular weight excluding hydrogens is 225 g/mol. The van der Waals surface area contributed by atoms with Gasteiger partial charge in [0, 0.05) is 11.6 Å². The third-order valence-electron chi connectivity index (χ3n) is 2.36. The van der Waals surface area contributed by atoms with Gasteiger partial charge in [-0.3, -0.25) is 5.10 Å². The van der Waals surface area contributed by atoms with Gasteiger partial charge in [0.15, 0.2) is 17.3 Å². The maximum absolute atomic E-state index is 13.5. The smallest absolute Gasteiger partial charge is 0.197 e. The van der Waals surface area contributed by atoms with E-state index < -0.39 is 5.82 Å². The number of hydrogen-bond acceptors (Lipinski definition) is 4. The van der Waals surface area contributed by atoms with Crippen molar-refractivity contribution in [3.8, 4) is 22.8 Å². The third-order valence-corrected chi connectivity index (χ3v) is 2.36. The Morgan fingerprint density at radius 1 is 1.24 bits per heavy atom. The van der Waals surface area contributed by atoms with E-state index in [0.717, 1.165) is 0 Å². The molecule has 0 bridgehead atoms. The van der Waals surface area contributed by atoms with Gasteiger partial charge in [-0.2, -0.15) is 5.10 Å². The Labute approximate surface area is 97.3 Å². The second kappa shape index (κ2) is 4.32. The average Bonchev–Trinajstić information content (AvgIpc) is 2.75. The molecule has 0 atom stereocenters. The predicted octanol–water partition coefficient (Wildman–Crippen LogP) is 1.82. The Bertz CT molecular complexity index is 540. The number of nitrogens with two attached hydrogens (primary N) is 1. The summed E-state index contributed by atoms with van der Waals surface area (Å²) < 4.78 is 23.6. The first-order valence-electron chi connectivity index (χ1n) is 4.89. The van der Waals surface area contributed by atoms with Crippen LogP contribution >= 0.6 is 0 Å². The standard InChI is InChI=1S/C11H12FN3O2/c1-16-10-6(8-5-9(13)15-14-8)3-4-7(12)11(10)17-2/h3-5H,1-2H3,(H3,13,14,15). The number of nitrogen functional groups attached to an aromatic ring is 1. The minimum Gasteiger partial charge on any atom is -0.492 e. The summed E-state index contributed by atoms with van der Waals surface area (Å²) in [5.41, 5.74) is 6.79. The molecule has 0 spiro atoms. The first-order chi connectivity index (χ1) is 8.17. The van der Waals surface area contributed by atoms with E-state index in [2.05, 4.69) is 10.2 Å². The lowest BCUT2D eigenvalue weighted by Gasteiger charge is -2.12. The summed E-state index contributed by atoms with van der Waals surface area (Å²) in [7, 11) is 2.83. The fourth-order valence-corrected chi connectivity index (χ4v) is 1.62. The van der Waals surface area contributed by atoms with E-state index >= 15 is 0 Å². The average molecular weight is 237 g/mol. The molecule has 1 aromatic heterocycles. The molecule has 0 saturated carbocycles. The Morgan fingerprint density at radius 3 is 2.47 bits per heavy atom. The zero-order chi connectivity index (χ0) is 12.4. The van der Waals surface area contributed by atoms with E-state index in [-0.39, 0.29) is 5.75 Å². The number of benzene rings is 1. The number of aromatic amines is 1. The van der Waals surface area contributed by atoms with Gasteiger partial charge < -0.3 is 15.2 Å². The van der Waals surface area contributed by atoms with Gasteiger partial charge in [-0.25, -0.2) is 4.39 Å². The Kier molecular flexibility index (Phi) is 2.86. The van der Waals surface area contributed by atoms with Crippen molar-refractivity contribution in [3.63, 3.8) is 0 Å². The SMILES string of the molecule is COc1c(F)ccc(-c2cc(N)n[nH]2)c1OC. The van der Waals surface area contributed by atoms with Crippen molar-refractivity contribution in [1.29, 1.82) is 0 Å². The number of anilines is 1. The van der Waals surface area contributed by atoms with Crippen LogP contribution < -0.4 is 15.2 Å². The quantitative estimate of drug-likeness (QED) is 0.853. The second-order valence-corrected chi connectivity index (χ2v) is 3.37. The summed E-state index contributed by atoms with van der Waals surface area (Å²) in [4.78, 5) is 0. The van der Waals surface area contributed by atoms with E-state index in [1.807, 2.05) is 0 Å². The summed E-state index contributed by atoms with van der Waals surface area (Å²) in [6, 6.07) is 4.51. The molecule has 6 heteroatoms. The van der Waals surface area contributed by atoms with Crippen LogP contribution in [0, 0.1) is 5.82 Å². The summed E-state index contributed by atoms with van der Waals surface area (Å²) >= 11 is 0. The lowest BCUT2D eigenvalue weighted by molar-refractivity contribution is 0.338. The highest BCUT2D eigenvalue weighted by molar-refractivity contribution is 5.72. The first kappa shape index (κ1) is 11.3. The Morgan fingerprint density at radius 2 is 1.94 bits per heavy atom. The lowest BCUT2D eigenvalue weighted by atomic mass is 10.1. The molecule has 0 aliphatic rings. The molecule has 5 nitrogen and oxygen atoms in total. The zero-order valence-corrected chi connectivity index (χ0v) is 9.45. The van der Waals surface area contributed by atoms with Gasteiger partial charge in [0.1, 0.15) is 5.82 Å². The number of hydrogen-bond donors (Lipinski definition) is 2. The molecule has 0 saturated heterocycles. The molecule has 3 N–H and O–H groups in total. The molecule has 0 unspecified atom stereocenters. The van der Waals surface area contributed by atoms with Crippen molar-refractivity contribution in [2.24, 2.45) is 0 Å². The zero-order valence-electron chi connectivity index (χ0n) is 9.45. The Hall–Kier alpha value is -2.24. The van der Waals surface area contributed by atoms with Crippen LogP contribution in [0.25, 0.3) is 11.3 Å². The van der Waals surface area contributed by atoms with Crippen molar-refractivity contribution in [2.75, 3.05) is 20.0 Å². The van der Waals surface area contributed by atoms with Crippen LogP contribution in [-0.2, 0) is 0 Å². The summed E-state index contributed by atoms with van der Waals surface area (Å²) in [6.45, 7) is 0. The van der Waals surface area contributed by atoms with Crippen LogP contribution in [-0.4, -0.2) is 24.4 Å². The molecule has 0 amide bonds. The molecule has 0 aliphatic carbocycles. The minimum atomic E-state index is -0.486. The van der Waals surface area contributed by atoms with Crippen molar-refractivity contribution >= 4 is 5.82 Å². The molecule has 0 fully saturated rings.